The van der Waals surface area contributed by atoms with Gasteiger partial charge >= 0.3 is 0 Å². The van der Waals surface area contributed by atoms with E-state index in [1.165, 1.54) is 12.0 Å². The largest absolute Gasteiger partial charge is 0.378 e. The second-order valence-electron chi connectivity index (χ2n) is 4.30. The molecule has 2 unspecified atom stereocenters. The second kappa shape index (κ2) is 5.94. The summed E-state index contributed by atoms with van der Waals surface area (Å²) >= 11 is 0. The van der Waals surface area contributed by atoms with Crippen molar-refractivity contribution < 1.29 is 4.74 Å². The van der Waals surface area contributed by atoms with Crippen LogP contribution in [0.25, 0.3) is 0 Å². The summed E-state index contributed by atoms with van der Waals surface area (Å²) in [6, 6.07) is 4.30. The van der Waals surface area contributed by atoms with Crippen molar-refractivity contribution in [1.82, 2.24) is 10.4 Å². The van der Waals surface area contributed by atoms with Crippen LogP contribution in [0, 0.1) is 0 Å². The zero-order chi connectivity index (χ0) is 11.2. The van der Waals surface area contributed by atoms with Gasteiger partial charge in [0, 0.05) is 25.0 Å². The molecule has 0 radical (unpaired) electrons. The van der Waals surface area contributed by atoms with E-state index >= 15 is 0 Å². The standard InChI is InChI=1S/C12H19N3O/c13-15-11(8-12-4-2-6-16-12)7-10-3-1-5-14-9-10/h1,3,5,9,11-12,15H,2,4,6-8,13H2. The minimum Gasteiger partial charge on any atom is -0.378 e. The Morgan fingerprint density at radius 3 is 3.19 bits per heavy atom. The van der Waals surface area contributed by atoms with Crippen molar-refractivity contribution in [2.75, 3.05) is 6.61 Å². The summed E-state index contributed by atoms with van der Waals surface area (Å²) in [7, 11) is 0. The van der Waals surface area contributed by atoms with Gasteiger partial charge in [-0.05, 0) is 37.3 Å². The lowest BCUT2D eigenvalue weighted by Crippen LogP contribution is -2.39. The molecule has 0 aromatic carbocycles. The van der Waals surface area contributed by atoms with Crippen molar-refractivity contribution in [3.05, 3.63) is 30.1 Å². The maximum atomic E-state index is 5.61. The lowest BCUT2D eigenvalue weighted by atomic mass is 10.0. The number of hydrazine groups is 1. The Morgan fingerprint density at radius 1 is 1.62 bits per heavy atom. The number of hydrogen-bond donors (Lipinski definition) is 2. The molecule has 1 aromatic heterocycles. The number of rotatable bonds is 5. The first-order valence-corrected chi connectivity index (χ1v) is 5.85. The highest BCUT2D eigenvalue weighted by molar-refractivity contribution is 5.10. The average Bonchev–Trinajstić information content (AvgIpc) is 2.82. The molecule has 1 aliphatic heterocycles. The molecule has 88 valence electrons. The van der Waals surface area contributed by atoms with Crippen LogP contribution in [-0.2, 0) is 11.2 Å². The van der Waals surface area contributed by atoms with Gasteiger partial charge in [-0.25, -0.2) is 0 Å². The van der Waals surface area contributed by atoms with E-state index in [-0.39, 0.29) is 6.04 Å². The van der Waals surface area contributed by atoms with Crippen molar-refractivity contribution in [3.8, 4) is 0 Å². The van der Waals surface area contributed by atoms with Crippen LogP contribution in [0.3, 0.4) is 0 Å². The molecular weight excluding hydrogens is 202 g/mol. The summed E-state index contributed by atoms with van der Waals surface area (Å²) in [6.45, 7) is 0.898. The van der Waals surface area contributed by atoms with Crippen LogP contribution in [0.1, 0.15) is 24.8 Å². The Balaban J connectivity index is 1.85. The van der Waals surface area contributed by atoms with Gasteiger partial charge in [0.2, 0.25) is 0 Å². The van der Waals surface area contributed by atoms with Gasteiger partial charge in [0.05, 0.1) is 6.10 Å². The minimum absolute atomic E-state index is 0.271. The summed E-state index contributed by atoms with van der Waals surface area (Å²) in [5.74, 6) is 5.57. The molecule has 1 fully saturated rings. The Morgan fingerprint density at radius 2 is 2.56 bits per heavy atom. The van der Waals surface area contributed by atoms with E-state index in [1.807, 2.05) is 12.3 Å². The summed E-state index contributed by atoms with van der Waals surface area (Å²) in [5, 5.41) is 0. The molecule has 0 saturated carbocycles. The molecule has 0 bridgehead atoms. The fourth-order valence-corrected chi connectivity index (χ4v) is 2.16. The van der Waals surface area contributed by atoms with E-state index < -0.39 is 0 Å². The van der Waals surface area contributed by atoms with Gasteiger partial charge < -0.3 is 4.74 Å². The molecule has 0 aliphatic carbocycles. The monoisotopic (exact) mass is 221 g/mol. The Kier molecular flexibility index (Phi) is 4.27. The van der Waals surface area contributed by atoms with E-state index in [0.29, 0.717) is 6.10 Å². The molecule has 0 amide bonds. The van der Waals surface area contributed by atoms with Crippen molar-refractivity contribution in [1.29, 1.82) is 0 Å². The SMILES string of the molecule is NNC(Cc1cccnc1)CC1CCCO1. The van der Waals surface area contributed by atoms with E-state index in [2.05, 4.69) is 16.5 Å². The second-order valence-corrected chi connectivity index (χ2v) is 4.30. The highest BCUT2D eigenvalue weighted by atomic mass is 16.5. The molecule has 3 N–H and O–H groups in total. The van der Waals surface area contributed by atoms with Crippen molar-refractivity contribution >= 4 is 0 Å². The third kappa shape index (κ3) is 3.27. The molecule has 1 aliphatic rings. The number of nitrogens with one attached hydrogen (secondary N) is 1. The average molecular weight is 221 g/mol. The quantitative estimate of drug-likeness (QED) is 0.576. The Bertz CT molecular complexity index is 298. The summed E-state index contributed by atoms with van der Waals surface area (Å²) in [6.07, 6.45) is 8.27. The first-order chi connectivity index (χ1) is 7.88. The van der Waals surface area contributed by atoms with Crippen LogP contribution in [0.15, 0.2) is 24.5 Å². The molecule has 0 spiro atoms. The topological polar surface area (TPSA) is 60.2 Å². The van der Waals surface area contributed by atoms with Crippen molar-refractivity contribution in [2.45, 2.75) is 37.8 Å². The molecule has 2 rings (SSSR count). The molecular formula is C12H19N3O. The first kappa shape index (κ1) is 11.5. The van der Waals surface area contributed by atoms with Crippen LogP contribution in [-0.4, -0.2) is 23.7 Å². The lowest BCUT2D eigenvalue weighted by Gasteiger charge is -2.19. The highest BCUT2D eigenvalue weighted by Crippen LogP contribution is 2.18. The van der Waals surface area contributed by atoms with Crippen LogP contribution >= 0.6 is 0 Å². The van der Waals surface area contributed by atoms with Gasteiger partial charge in [-0.3, -0.25) is 16.3 Å². The predicted molar refractivity (Wildman–Crippen MR) is 62.6 cm³/mol. The van der Waals surface area contributed by atoms with Gasteiger partial charge in [0.25, 0.3) is 0 Å². The van der Waals surface area contributed by atoms with Gasteiger partial charge in [-0.1, -0.05) is 6.07 Å². The zero-order valence-corrected chi connectivity index (χ0v) is 9.43. The van der Waals surface area contributed by atoms with Crippen LogP contribution in [0.4, 0.5) is 0 Å². The zero-order valence-electron chi connectivity index (χ0n) is 9.43. The third-order valence-corrected chi connectivity index (χ3v) is 3.01. The molecule has 2 atom stereocenters. The van der Waals surface area contributed by atoms with E-state index in [1.54, 1.807) is 6.20 Å². The highest BCUT2D eigenvalue weighted by Gasteiger charge is 2.20. The normalized spacial score (nSPS) is 22.2. The number of ether oxygens (including phenoxy) is 1. The van der Waals surface area contributed by atoms with Gasteiger partial charge in [-0.15, -0.1) is 0 Å². The van der Waals surface area contributed by atoms with Crippen LogP contribution in [0.5, 0.6) is 0 Å². The van der Waals surface area contributed by atoms with E-state index in [0.717, 1.165) is 25.9 Å². The molecule has 16 heavy (non-hydrogen) atoms. The third-order valence-electron chi connectivity index (χ3n) is 3.01. The Hall–Kier alpha value is -0.970. The van der Waals surface area contributed by atoms with Crippen LogP contribution < -0.4 is 11.3 Å². The van der Waals surface area contributed by atoms with Gasteiger partial charge in [-0.2, -0.15) is 0 Å². The summed E-state index contributed by atoms with van der Waals surface area (Å²) in [5.41, 5.74) is 4.08. The first-order valence-electron chi connectivity index (χ1n) is 5.85. The van der Waals surface area contributed by atoms with Gasteiger partial charge in [0.1, 0.15) is 0 Å². The van der Waals surface area contributed by atoms with E-state index in [9.17, 15) is 0 Å². The summed E-state index contributed by atoms with van der Waals surface area (Å²) < 4.78 is 5.61. The summed E-state index contributed by atoms with van der Waals surface area (Å²) in [4.78, 5) is 4.10. The molecule has 4 nitrogen and oxygen atoms in total. The molecule has 1 saturated heterocycles. The fraction of sp³-hybridized carbons (Fsp3) is 0.583. The molecule has 1 aromatic rings. The maximum Gasteiger partial charge on any atom is 0.0591 e. The minimum atomic E-state index is 0.271. The number of nitrogens with zero attached hydrogens (tertiary/aromatic N) is 1. The number of pyridine rings is 1. The van der Waals surface area contributed by atoms with Crippen LogP contribution in [0.2, 0.25) is 0 Å². The smallest absolute Gasteiger partial charge is 0.0591 e. The van der Waals surface area contributed by atoms with Gasteiger partial charge in [0.15, 0.2) is 0 Å². The molecule has 2 heterocycles. The number of aromatic nitrogens is 1. The lowest BCUT2D eigenvalue weighted by molar-refractivity contribution is 0.0946. The van der Waals surface area contributed by atoms with Crippen molar-refractivity contribution in [2.24, 2.45) is 5.84 Å². The maximum absolute atomic E-state index is 5.61. The van der Waals surface area contributed by atoms with Crippen molar-refractivity contribution in [3.63, 3.8) is 0 Å². The predicted octanol–water partition coefficient (Wildman–Crippen LogP) is 1.03. The number of nitrogens with two attached hydrogens (primary N) is 1. The fourth-order valence-electron chi connectivity index (χ4n) is 2.16. The number of hydrogen-bond acceptors (Lipinski definition) is 4. The Labute approximate surface area is 96.2 Å². The van der Waals surface area contributed by atoms with E-state index in [4.69, 9.17) is 10.6 Å². The molecule has 4 heteroatoms.